The van der Waals surface area contributed by atoms with Crippen molar-refractivity contribution in [3.63, 3.8) is 0 Å². The van der Waals surface area contributed by atoms with Gasteiger partial charge in [0.2, 0.25) is 0 Å². The molecule has 1 N–H and O–H groups in total. The number of carbonyl (C=O) groups excluding carboxylic acids is 1. The molecule has 1 aliphatic heterocycles. The SMILES string of the molecule is COc1cc(O)c2c(c1C)C(=O)CN(C)C2. The third-order valence-electron chi connectivity index (χ3n) is 2.96. The molecule has 4 heteroatoms. The molecule has 0 spiro atoms. The number of hydrogen-bond donors (Lipinski definition) is 1. The van der Waals surface area contributed by atoms with Gasteiger partial charge >= 0.3 is 0 Å². The van der Waals surface area contributed by atoms with E-state index in [2.05, 4.69) is 0 Å². The first kappa shape index (κ1) is 11.0. The van der Waals surface area contributed by atoms with Gasteiger partial charge in [-0.25, -0.2) is 0 Å². The minimum atomic E-state index is 0.0375. The van der Waals surface area contributed by atoms with E-state index in [9.17, 15) is 9.90 Å². The number of fused-ring (bicyclic) bond motifs is 1. The molecule has 0 bridgehead atoms. The lowest BCUT2D eigenvalue weighted by molar-refractivity contribution is 0.0919. The maximum atomic E-state index is 11.9. The predicted molar refractivity (Wildman–Crippen MR) is 60.1 cm³/mol. The minimum Gasteiger partial charge on any atom is -0.507 e. The largest absolute Gasteiger partial charge is 0.507 e. The zero-order valence-corrected chi connectivity index (χ0v) is 9.70. The maximum absolute atomic E-state index is 11.9. The van der Waals surface area contributed by atoms with Crippen LogP contribution >= 0.6 is 0 Å². The lowest BCUT2D eigenvalue weighted by Crippen LogP contribution is -2.32. The third-order valence-corrected chi connectivity index (χ3v) is 2.96. The van der Waals surface area contributed by atoms with Crippen molar-refractivity contribution in [2.24, 2.45) is 0 Å². The average Bonchev–Trinajstić information content (AvgIpc) is 2.22. The summed E-state index contributed by atoms with van der Waals surface area (Å²) in [6, 6.07) is 1.57. The fraction of sp³-hybridized carbons (Fsp3) is 0.417. The lowest BCUT2D eigenvalue weighted by Gasteiger charge is -2.26. The van der Waals surface area contributed by atoms with Crippen molar-refractivity contribution in [3.8, 4) is 11.5 Å². The average molecular weight is 221 g/mol. The van der Waals surface area contributed by atoms with Gasteiger partial charge < -0.3 is 9.84 Å². The van der Waals surface area contributed by atoms with Crippen molar-refractivity contribution in [1.82, 2.24) is 4.90 Å². The topological polar surface area (TPSA) is 49.8 Å². The number of nitrogens with zero attached hydrogens (tertiary/aromatic N) is 1. The van der Waals surface area contributed by atoms with Crippen LogP contribution in [0.3, 0.4) is 0 Å². The summed E-state index contributed by atoms with van der Waals surface area (Å²) in [5, 5.41) is 9.87. The van der Waals surface area contributed by atoms with Gasteiger partial charge in [-0.3, -0.25) is 9.69 Å². The predicted octanol–water partition coefficient (Wildman–Crippen LogP) is 1.34. The second-order valence-electron chi connectivity index (χ2n) is 4.17. The summed E-state index contributed by atoms with van der Waals surface area (Å²) in [4.78, 5) is 13.8. The molecule has 1 aliphatic rings. The molecule has 0 atom stereocenters. The lowest BCUT2D eigenvalue weighted by atomic mass is 9.93. The van der Waals surface area contributed by atoms with Crippen LogP contribution < -0.4 is 4.74 Å². The number of aromatic hydroxyl groups is 1. The molecule has 16 heavy (non-hydrogen) atoms. The highest BCUT2D eigenvalue weighted by Gasteiger charge is 2.27. The Hall–Kier alpha value is -1.55. The molecule has 1 aromatic carbocycles. The molecular weight excluding hydrogens is 206 g/mol. The van der Waals surface area contributed by atoms with Crippen molar-refractivity contribution in [2.75, 3.05) is 20.7 Å². The van der Waals surface area contributed by atoms with Crippen LogP contribution in [0, 0.1) is 6.92 Å². The number of phenolic OH excluding ortho intramolecular Hbond substituents is 1. The van der Waals surface area contributed by atoms with Gasteiger partial charge in [0.15, 0.2) is 5.78 Å². The molecule has 1 aromatic rings. The zero-order valence-electron chi connectivity index (χ0n) is 9.70. The first-order valence-electron chi connectivity index (χ1n) is 5.15. The number of carbonyl (C=O) groups is 1. The summed E-state index contributed by atoms with van der Waals surface area (Å²) in [6.45, 7) is 2.83. The monoisotopic (exact) mass is 221 g/mol. The molecule has 0 aliphatic carbocycles. The van der Waals surface area contributed by atoms with E-state index in [1.807, 2.05) is 18.9 Å². The van der Waals surface area contributed by atoms with Crippen LogP contribution in [0.15, 0.2) is 6.07 Å². The molecule has 0 aromatic heterocycles. The number of ether oxygens (including phenoxy) is 1. The molecule has 86 valence electrons. The molecular formula is C12H15NO3. The summed E-state index contributed by atoms with van der Waals surface area (Å²) in [5.41, 5.74) is 2.14. The molecule has 1 heterocycles. The van der Waals surface area contributed by atoms with E-state index in [1.54, 1.807) is 6.07 Å². The van der Waals surface area contributed by atoms with Gasteiger partial charge in [0.1, 0.15) is 11.5 Å². The first-order chi connectivity index (χ1) is 7.54. The summed E-state index contributed by atoms with van der Waals surface area (Å²) >= 11 is 0. The Balaban J connectivity index is 2.66. The van der Waals surface area contributed by atoms with Crippen molar-refractivity contribution in [1.29, 1.82) is 0 Å². The van der Waals surface area contributed by atoms with E-state index >= 15 is 0 Å². The Morgan fingerprint density at radius 2 is 2.12 bits per heavy atom. The van der Waals surface area contributed by atoms with Crippen molar-refractivity contribution < 1.29 is 14.6 Å². The van der Waals surface area contributed by atoms with E-state index in [4.69, 9.17) is 4.74 Å². The van der Waals surface area contributed by atoms with Crippen molar-refractivity contribution >= 4 is 5.78 Å². The first-order valence-corrected chi connectivity index (χ1v) is 5.15. The highest BCUT2D eigenvalue weighted by Crippen LogP contribution is 2.35. The van der Waals surface area contributed by atoms with Crippen LogP contribution in [-0.4, -0.2) is 36.5 Å². The molecule has 0 saturated carbocycles. The van der Waals surface area contributed by atoms with E-state index in [0.717, 1.165) is 5.56 Å². The fourth-order valence-corrected chi connectivity index (χ4v) is 2.20. The highest BCUT2D eigenvalue weighted by molar-refractivity contribution is 6.02. The van der Waals surface area contributed by atoms with Crippen LogP contribution in [0.5, 0.6) is 11.5 Å². The Morgan fingerprint density at radius 3 is 2.75 bits per heavy atom. The van der Waals surface area contributed by atoms with Crippen molar-refractivity contribution in [2.45, 2.75) is 13.5 Å². The van der Waals surface area contributed by atoms with Gasteiger partial charge in [-0.15, -0.1) is 0 Å². The van der Waals surface area contributed by atoms with Crippen molar-refractivity contribution in [3.05, 3.63) is 22.8 Å². The van der Waals surface area contributed by atoms with E-state index in [0.29, 0.717) is 30.0 Å². The van der Waals surface area contributed by atoms with Gasteiger partial charge in [0, 0.05) is 29.3 Å². The Labute approximate surface area is 94.4 Å². The quantitative estimate of drug-likeness (QED) is 0.777. The van der Waals surface area contributed by atoms with Crippen LogP contribution in [0.2, 0.25) is 0 Å². The second kappa shape index (κ2) is 3.79. The molecule has 2 rings (SSSR count). The normalized spacial score (nSPS) is 16.1. The van der Waals surface area contributed by atoms with Crippen LogP contribution in [-0.2, 0) is 6.54 Å². The van der Waals surface area contributed by atoms with E-state index in [1.165, 1.54) is 7.11 Å². The van der Waals surface area contributed by atoms with Crippen LogP contribution in [0.25, 0.3) is 0 Å². The standard InChI is InChI=1S/C12H15NO3/c1-7-11(16-3)4-9(14)8-5-13(2)6-10(15)12(7)8/h4,14H,5-6H2,1-3H3. The molecule has 0 unspecified atom stereocenters. The van der Waals surface area contributed by atoms with E-state index in [-0.39, 0.29) is 11.5 Å². The Morgan fingerprint density at radius 1 is 1.44 bits per heavy atom. The Kier molecular flexibility index (Phi) is 2.59. The van der Waals surface area contributed by atoms with Crippen LogP contribution in [0.4, 0.5) is 0 Å². The zero-order chi connectivity index (χ0) is 11.9. The number of ketones is 1. The summed E-state index contributed by atoms with van der Waals surface area (Å²) in [5.74, 6) is 0.738. The van der Waals surface area contributed by atoms with Crippen LogP contribution in [0.1, 0.15) is 21.5 Å². The van der Waals surface area contributed by atoms with Gasteiger partial charge in [-0.1, -0.05) is 0 Å². The number of hydrogen-bond acceptors (Lipinski definition) is 4. The smallest absolute Gasteiger partial charge is 0.177 e. The highest BCUT2D eigenvalue weighted by atomic mass is 16.5. The maximum Gasteiger partial charge on any atom is 0.177 e. The van der Waals surface area contributed by atoms with Gasteiger partial charge in [-0.2, -0.15) is 0 Å². The molecule has 0 saturated heterocycles. The number of likely N-dealkylation sites (N-methyl/N-ethyl adjacent to an activating group) is 1. The molecule has 0 fully saturated rings. The van der Waals surface area contributed by atoms with Gasteiger partial charge in [0.25, 0.3) is 0 Å². The summed E-state index contributed by atoms with van der Waals surface area (Å²) < 4.78 is 5.14. The minimum absolute atomic E-state index is 0.0375. The van der Waals surface area contributed by atoms with E-state index < -0.39 is 0 Å². The number of rotatable bonds is 1. The molecule has 0 amide bonds. The summed E-state index contributed by atoms with van der Waals surface area (Å²) in [6.07, 6.45) is 0. The number of benzene rings is 1. The fourth-order valence-electron chi connectivity index (χ4n) is 2.20. The Bertz CT molecular complexity index is 454. The second-order valence-corrected chi connectivity index (χ2v) is 4.17. The molecule has 4 nitrogen and oxygen atoms in total. The number of methoxy groups -OCH3 is 1. The van der Waals surface area contributed by atoms with Gasteiger partial charge in [0.05, 0.1) is 13.7 Å². The molecule has 0 radical (unpaired) electrons. The summed E-state index contributed by atoms with van der Waals surface area (Å²) in [7, 11) is 3.40. The number of phenols is 1. The van der Waals surface area contributed by atoms with Gasteiger partial charge in [-0.05, 0) is 14.0 Å². The number of Topliss-reactive ketones (excluding diaryl/α,β-unsaturated/α-hetero) is 1. The third kappa shape index (κ3) is 1.55.